The van der Waals surface area contributed by atoms with Crippen LogP contribution in [0, 0.1) is 5.82 Å². The summed E-state index contributed by atoms with van der Waals surface area (Å²) in [6, 6.07) is 8.53. The number of hydrogen-bond acceptors (Lipinski definition) is 5. The highest BCUT2D eigenvalue weighted by Gasteiger charge is 2.14. The second kappa shape index (κ2) is 6.13. The van der Waals surface area contributed by atoms with Crippen LogP contribution in [0.15, 0.2) is 36.4 Å². The number of hydrogen-bond donors (Lipinski definition) is 2. The van der Waals surface area contributed by atoms with Gasteiger partial charge in [0.25, 0.3) is 0 Å². The van der Waals surface area contributed by atoms with Gasteiger partial charge in [-0.1, -0.05) is 0 Å². The summed E-state index contributed by atoms with van der Waals surface area (Å²) in [5, 5.41) is 2.88. The molecule has 3 N–H and O–H groups in total. The topological polar surface area (TPSA) is 73.6 Å². The van der Waals surface area contributed by atoms with E-state index in [0.29, 0.717) is 22.7 Å². The first-order chi connectivity index (χ1) is 10.0. The maximum atomic E-state index is 12.9. The summed E-state index contributed by atoms with van der Waals surface area (Å²) in [7, 11) is 2.96. The van der Waals surface area contributed by atoms with Gasteiger partial charge in [0.2, 0.25) is 0 Å². The van der Waals surface area contributed by atoms with E-state index in [0.717, 1.165) is 0 Å². The minimum absolute atomic E-state index is 0.286. The van der Waals surface area contributed by atoms with Crippen molar-refractivity contribution < 1.29 is 18.7 Å². The number of carbonyl (C=O) groups is 1. The van der Waals surface area contributed by atoms with Crippen molar-refractivity contribution in [3.63, 3.8) is 0 Å². The molecule has 21 heavy (non-hydrogen) atoms. The normalized spacial score (nSPS) is 10.0. The maximum absolute atomic E-state index is 12.9. The molecule has 0 saturated heterocycles. The molecule has 0 heterocycles. The average Bonchev–Trinajstić information content (AvgIpc) is 2.50. The van der Waals surface area contributed by atoms with Crippen LogP contribution in [0.3, 0.4) is 0 Å². The second-order valence-corrected chi connectivity index (χ2v) is 4.23. The van der Waals surface area contributed by atoms with Gasteiger partial charge in [0, 0.05) is 7.05 Å². The van der Waals surface area contributed by atoms with Gasteiger partial charge in [0.1, 0.15) is 11.6 Å². The Hall–Kier alpha value is -2.76. The molecule has 0 unspecified atom stereocenters. The molecular formula is C15H15FN2O3. The molecule has 0 radical (unpaired) electrons. The molecule has 0 aromatic heterocycles. The third-order valence-corrected chi connectivity index (χ3v) is 2.87. The second-order valence-electron chi connectivity index (χ2n) is 4.23. The van der Waals surface area contributed by atoms with E-state index in [4.69, 9.17) is 10.5 Å². The molecule has 6 heteroatoms. The van der Waals surface area contributed by atoms with E-state index in [1.807, 2.05) is 0 Å². The minimum atomic E-state index is -0.504. The van der Waals surface area contributed by atoms with Crippen LogP contribution in [-0.4, -0.2) is 20.1 Å². The lowest BCUT2D eigenvalue weighted by Crippen LogP contribution is -2.05. The van der Waals surface area contributed by atoms with Crippen LogP contribution in [-0.2, 0) is 4.74 Å². The lowest BCUT2D eigenvalue weighted by atomic mass is 10.1. The number of ether oxygens (including phenoxy) is 2. The number of benzene rings is 2. The van der Waals surface area contributed by atoms with Crippen LogP contribution in [0.4, 0.5) is 15.8 Å². The van der Waals surface area contributed by atoms with Crippen molar-refractivity contribution in [1.29, 1.82) is 0 Å². The van der Waals surface area contributed by atoms with E-state index in [9.17, 15) is 9.18 Å². The molecule has 5 nitrogen and oxygen atoms in total. The van der Waals surface area contributed by atoms with Crippen molar-refractivity contribution >= 4 is 17.3 Å². The number of esters is 1. The third kappa shape index (κ3) is 3.22. The Balaban J connectivity index is 2.41. The van der Waals surface area contributed by atoms with Gasteiger partial charge in [0.15, 0.2) is 5.75 Å². The van der Waals surface area contributed by atoms with Crippen LogP contribution < -0.4 is 15.8 Å². The number of halogens is 1. The lowest BCUT2D eigenvalue weighted by Gasteiger charge is -2.14. The minimum Gasteiger partial charge on any atom is -0.465 e. The Labute approximate surface area is 121 Å². The fourth-order valence-corrected chi connectivity index (χ4v) is 1.78. The highest BCUT2D eigenvalue weighted by molar-refractivity contribution is 5.93. The molecule has 0 fully saturated rings. The Bertz CT molecular complexity index is 657. The van der Waals surface area contributed by atoms with Gasteiger partial charge in [-0.25, -0.2) is 9.18 Å². The molecule has 2 aromatic rings. The van der Waals surface area contributed by atoms with E-state index in [-0.39, 0.29) is 11.6 Å². The van der Waals surface area contributed by atoms with E-state index in [1.165, 1.54) is 37.4 Å². The number of nitrogens with one attached hydrogen (secondary N) is 1. The van der Waals surface area contributed by atoms with Crippen molar-refractivity contribution in [2.45, 2.75) is 0 Å². The molecule has 2 aromatic carbocycles. The molecule has 0 spiro atoms. The standard InChI is InChI=1S/C15H15FN2O3/c1-18-12-7-9(15(19)20-2)8-13(14(12)17)21-11-5-3-10(16)4-6-11/h3-8,18H,17H2,1-2H3. The Morgan fingerprint density at radius 3 is 2.48 bits per heavy atom. The monoisotopic (exact) mass is 290 g/mol. The number of nitrogens with two attached hydrogens (primary N) is 1. The summed E-state index contributed by atoms with van der Waals surface area (Å²) in [5.41, 5.74) is 7.15. The van der Waals surface area contributed by atoms with Gasteiger partial charge in [0.05, 0.1) is 24.0 Å². The molecular weight excluding hydrogens is 275 g/mol. The zero-order chi connectivity index (χ0) is 15.4. The van der Waals surface area contributed by atoms with Crippen molar-refractivity contribution in [3.05, 3.63) is 47.8 Å². The van der Waals surface area contributed by atoms with Gasteiger partial charge in [-0.3, -0.25) is 0 Å². The van der Waals surface area contributed by atoms with Crippen molar-refractivity contribution in [3.8, 4) is 11.5 Å². The number of methoxy groups -OCH3 is 1. The van der Waals surface area contributed by atoms with Crippen LogP contribution in [0.1, 0.15) is 10.4 Å². The largest absolute Gasteiger partial charge is 0.465 e. The molecule has 0 aliphatic rings. The first-order valence-corrected chi connectivity index (χ1v) is 6.18. The molecule has 0 amide bonds. The van der Waals surface area contributed by atoms with Crippen LogP contribution in [0.5, 0.6) is 11.5 Å². The Kier molecular flexibility index (Phi) is 4.27. The third-order valence-electron chi connectivity index (χ3n) is 2.87. The SMILES string of the molecule is CNc1cc(C(=O)OC)cc(Oc2ccc(F)cc2)c1N. The highest BCUT2D eigenvalue weighted by atomic mass is 19.1. The van der Waals surface area contributed by atoms with Gasteiger partial charge in [-0.05, 0) is 36.4 Å². The van der Waals surface area contributed by atoms with Crippen LogP contribution in [0.25, 0.3) is 0 Å². The first kappa shape index (κ1) is 14.6. The Morgan fingerprint density at radius 1 is 1.24 bits per heavy atom. The summed E-state index contributed by atoms with van der Waals surface area (Å²) < 4.78 is 23.2. The lowest BCUT2D eigenvalue weighted by molar-refractivity contribution is 0.0600. The Morgan fingerprint density at radius 2 is 1.90 bits per heavy atom. The molecule has 0 aliphatic carbocycles. The first-order valence-electron chi connectivity index (χ1n) is 6.18. The fraction of sp³-hybridized carbons (Fsp3) is 0.133. The zero-order valence-corrected chi connectivity index (χ0v) is 11.6. The molecule has 0 saturated carbocycles. The smallest absolute Gasteiger partial charge is 0.338 e. The zero-order valence-electron chi connectivity index (χ0n) is 11.6. The number of rotatable bonds is 4. The van der Waals surface area contributed by atoms with Gasteiger partial charge >= 0.3 is 5.97 Å². The predicted molar refractivity (Wildman–Crippen MR) is 78.2 cm³/mol. The number of anilines is 2. The molecule has 0 atom stereocenters. The van der Waals surface area contributed by atoms with E-state index < -0.39 is 5.97 Å². The molecule has 0 bridgehead atoms. The molecule has 110 valence electrons. The average molecular weight is 290 g/mol. The van der Waals surface area contributed by atoms with Crippen LogP contribution in [0.2, 0.25) is 0 Å². The van der Waals surface area contributed by atoms with Gasteiger partial charge in [-0.15, -0.1) is 0 Å². The van der Waals surface area contributed by atoms with Crippen LogP contribution >= 0.6 is 0 Å². The molecule has 2 rings (SSSR count). The van der Waals surface area contributed by atoms with E-state index in [1.54, 1.807) is 13.1 Å². The summed E-state index contributed by atoms with van der Waals surface area (Å²) in [6.07, 6.45) is 0. The van der Waals surface area contributed by atoms with Gasteiger partial charge in [-0.2, -0.15) is 0 Å². The number of carbonyl (C=O) groups excluding carboxylic acids is 1. The van der Waals surface area contributed by atoms with Crippen molar-refractivity contribution in [2.75, 3.05) is 25.2 Å². The van der Waals surface area contributed by atoms with Gasteiger partial charge < -0.3 is 20.5 Å². The highest BCUT2D eigenvalue weighted by Crippen LogP contribution is 2.34. The van der Waals surface area contributed by atoms with Crippen molar-refractivity contribution in [1.82, 2.24) is 0 Å². The quantitative estimate of drug-likeness (QED) is 0.669. The van der Waals surface area contributed by atoms with E-state index in [2.05, 4.69) is 10.1 Å². The summed E-state index contributed by atoms with van der Waals surface area (Å²) in [4.78, 5) is 11.6. The molecule has 0 aliphatic heterocycles. The van der Waals surface area contributed by atoms with E-state index >= 15 is 0 Å². The van der Waals surface area contributed by atoms with Crippen molar-refractivity contribution in [2.24, 2.45) is 0 Å². The summed E-state index contributed by atoms with van der Waals surface area (Å²) >= 11 is 0. The fourth-order valence-electron chi connectivity index (χ4n) is 1.78. The summed E-state index contributed by atoms with van der Waals surface area (Å²) in [6.45, 7) is 0. The number of nitrogen functional groups attached to an aromatic ring is 1. The maximum Gasteiger partial charge on any atom is 0.338 e. The summed E-state index contributed by atoms with van der Waals surface area (Å²) in [5.74, 6) is -0.175. The predicted octanol–water partition coefficient (Wildman–Crippen LogP) is 3.03.